The first-order valence-corrected chi connectivity index (χ1v) is 14.4. The number of ether oxygens (including phenoxy) is 1. The third kappa shape index (κ3) is 5.31. The molecule has 1 amide bonds. The molecule has 0 aliphatic carbocycles. The number of carbonyl (C=O) groups is 1. The molecule has 1 heterocycles. The van der Waals surface area contributed by atoms with E-state index >= 15 is 0 Å². The van der Waals surface area contributed by atoms with Crippen LogP contribution in [0, 0.1) is 13.8 Å². The van der Waals surface area contributed by atoms with E-state index in [1.807, 2.05) is 26.0 Å². The molecule has 36 heavy (non-hydrogen) atoms. The number of anilines is 3. The number of amides is 1. The average molecular weight is 530 g/mol. The molecule has 0 saturated carbocycles. The van der Waals surface area contributed by atoms with Gasteiger partial charge in [0.25, 0.3) is 15.9 Å². The molecule has 0 aromatic heterocycles. The highest BCUT2D eigenvalue weighted by Crippen LogP contribution is 2.35. The topological polar surface area (TPSA) is 122 Å². The maximum Gasteiger partial charge on any atom is 0.267 e. The Bertz CT molecular complexity index is 1500. The van der Waals surface area contributed by atoms with Crippen molar-refractivity contribution in [2.45, 2.75) is 31.8 Å². The van der Waals surface area contributed by atoms with Crippen LogP contribution < -0.4 is 19.1 Å². The summed E-state index contributed by atoms with van der Waals surface area (Å²) in [7, 11) is -7.46. The summed E-state index contributed by atoms with van der Waals surface area (Å²) in [6, 6.07) is 17.7. The lowest BCUT2D eigenvalue weighted by Gasteiger charge is -2.34. The van der Waals surface area contributed by atoms with Crippen LogP contribution in [0.25, 0.3) is 0 Å². The van der Waals surface area contributed by atoms with E-state index in [2.05, 4.69) is 10.0 Å². The maximum absolute atomic E-state index is 12.9. The minimum atomic E-state index is -3.84. The molecule has 1 aliphatic heterocycles. The summed E-state index contributed by atoms with van der Waals surface area (Å²) in [6.07, 6.45) is -1.09. The van der Waals surface area contributed by atoms with Gasteiger partial charge >= 0.3 is 0 Å². The lowest BCUT2D eigenvalue weighted by atomic mass is 10.1. The lowest BCUT2D eigenvalue weighted by Crippen LogP contribution is -2.49. The first-order chi connectivity index (χ1) is 17.0. The van der Waals surface area contributed by atoms with Gasteiger partial charge in [0.15, 0.2) is 6.10 Å². The summed E-state index contributed by atoms with van der Waals surface area (Å²) < 4.78 is 60.4. The van der Waals surface area contributed by atoms with Gasteiger partial charge in [0.2, 0.25) is 10.0 Å². The van der Waals surface area contributed by atoms with Gasteiger partial charge in [-0.15, -0.1) is 0 Å². The molecule has 3 aromatic rings. The van der Waals surface area contributed by atoms with Crippen molar-refractivity contribution in [3.8, 4) is 5.75 Å². The van der Waals surface area contributed by atoms with Gasteiger partial charge < -0.3 is 10.1 Å². The second-order valence-electron chi connectivity index (χ2n) is 8.44. The van der Waals surface area contributed by atoms with Gasteiger partial charge in [0, 0.05) is 5.69 Å². The molecule has 0 bridgehead atoms. The number of hydrogen-bond donors (Lipinski definition) is 2. The van der Waals surface area contributed by atoms with E-state index in [9.17, 15) is 21.6 Å². The number of hydrogen-bond acceptors (Lipinski definition) is 6. The molecule has 3 aromatic carbocycles. The van der Waals surface area contributed by atoms with E-state index in [0.717, 1.165) is 11.1 Å². The largest absolute Gasteiger partial charge is 0.476 e. The molecule has 11 heteroatoms. The fourth-order valence-corrected chi connectivity index (χ4v) is 6.09. The van der Waals surface area contributed by atoms with E-state index in [1.165, 1.54) is 35.5 Å². The first kappa shape index (κ1) is 25.5. The van der Waals surface area contributed by atoms with Crippen LogP contribution in [0.5, 0.6) is 5.75 Å². The number of sulfonamides is 2. The molecule has 0 radical (unpaired) electrons. The van der Waals surface area contributed by atoms with Crippen LogP contribution >= 0.6 is 0 Å². The standard InChI is InChI=1S/C25H27N3O6S2/c1-4-35(30,31)28-16-24(34-23-8-6-5-7-22(23)28)25(29)26-19-10-12-20(13-11-19)36(32,33)27-21-14-9-17(2)15-18(21)3/h5-15,24,27H,4,16H2,1-3H3,(H,26,29). The Morgan fingerprint density at radius 2 is 1.69 bits per heavy atom. The minimum Gasteiger partial charge on any atom is -0.476 e. The van der Waals surface area contributed by atoms with E-state index in [0.29, 0.717) is 22.8 Å². The lowest BCUT2D eigenvalue weighted by molar-refractivity contribution is -0.122. The van der Waals surface area contributed by atoms with Crippen molar-refractivity contribution >= 4 is 43.0 Å². The number of fused-ring (bicyclic) bond motifs is 1. The predicted molar refractivity (Wildman–Crippen MR) is 139 cm³/mol. The zero-order valence-corrected chi connectivity index (χ0v) is 21.7. The minimum absolute atomic E-state index is 0.0310. The van der Waals surface area contributed by atoms with Crippen molar-refractivity contribution in [2.75, 3.05) is 26.6 Å². The summed E-state index contributed by atoms with van der Waals surface area (Å²) in [4.78, 5) is 13.0. The smallest absolute Gasteiger partial charge is 0.267 e. The number of carbonyl (C=O) groups excluding carboxylic acids is 1. The van der Waals surface area contributed by atoms with E-state index < -0.39 is 32.1 Å². The highest BCUT2D eigenvalue weighted by molar-refractivity contribution is 7.93. The molecule has 2 N–H and O–H groups in total. The zero-order chi connectivity index (χ0) is 26.1. The highest BCUT2D eigenvalue weighted by Gasteiger charge is 2.36. The molecular formula is C25H27N3O6S2. The van der Waals surface area contributed by atoms with Crippen LogP contribution in [0.4, 0.5) is 17.1 Å². The molecule has 4 rings (SSSR count). The Labute approximate surface area is 211 Å². The van der Waals surface area contributed by atoms with Crippen LogP contribution in [0.1, 0.15) is 18.1 Å². The van der Waals surface area contributed by atoms with E-state index in [-0.39, 0.29) is 17.2 Å². The molecule has 1 aliphatic rings. The number of para-hydroxylation sites is 2. The Balaban J connectivity index is 1.49. The highest BCUT2D eigenvalue weighted by atomic mass is 32.2. The van der Waals surface area contributed by atoms with Crippen molar-refractivity contribution in [1.29, 1.82) is 0 Å². The monoisotopic (exact) mass is 529 g/mol. The summed E-state index contributed by atoms with van der Waals surface area (Å²) in [5.41, 5.74) is 3.04. The van der Waals surface area contributed by atoms with Crippen molar-refractivity contribution < 1.29 is 26.4 Å². The first-order valence-electron chi connectivity index (χ1n) is 11.3. The van der Waals surface area contributed by atoms with E-state index in [4.69, 9.17) is 4.74 Å². The van der Waals surface area contributed by atoms with Gasteiger partial charge in [-0.2, -0.15) is 0 Å². The number of nitrogens with one attached hydrogen (secondary N) is 2. The Morgan fingerprint density at radius 1 is 1.00 bits per heavy atom. The normalized spacial score (nSPS) is 15.5. The Kier molecular flexibility index (Phi) is 6.96. The quantitative estimate of drug-likeness (QED) is 0.482. The van der Waals surface area contributed by atoms with Crippen LogP contribution in [0.15, 0.2) is 71.6 Å². The summed E-state index contributed by atoms with van der Waals surface area (Å²) in [5.74, 6) is -0.383. The Morgan fingerprint density at radius 3 is 2.36 bits per heavy atom. The number of benzene rings is 3. The van der Waals surface area contributed by atoms with Gasteiger partial charge in [-0.1, -0.05) is 29.8 Å². The van der Waals surface area contributed by atoms with Crippen molar-refractivity contribution in [2.24, 2.45) is 0 Å². The van der Waals surface area contributed by atoms with Crippen LogP contribution in [0.3, 0.4) is 0 Å². The molecular weight excluding hydrogens is 502 g/mol. The van der Waals surface area contributed by atoms with Crippen LogP contribution in [-0.2, 0) is 24.8 Å². The van der Waals surface area contributed by atoms with Gasteiger partial charge in [0.05, 0.1) is 28.6 Å². The SMILES string of the molecule is CCS(=O)(=O)N1CC(C(=O)Nc2ccc(S(=O)(=O)Nc3ccc(C)cc3C)cc2)Oc2ccccc21. The average Bonchev–Trinajstić information content (AvgIpc) is 2.85. The molecule has 1 unspecified atom stereocenters. The summed E-state index contributed by atoms with van der Waals surface area (Å²) in [6.45, 7) is 5.11. The number of aryl methyl sites for hydroxylation is 2. The van der Waals surface area contributed by atoms with Gasteiger partial charge in [-0.3, -0.25) is 13.8 Å². The van der Waals surface area contributed by atoms with Crippen LogP contribution in [-0.4, -0.2) is 41.1 Å². The molecule has 0 saturated heterocycles. The number of nitrogens with zero attached hydrogens (tertiary/aromatic N) is 1. The fourth-order valence-electron chi connectivity index (χ4n) is 3.83. The molecule has 0 fully saturated rings. The van der Waals surface area contributed by atoms with Gasteiger partial charge in [0.1, 0.15) is 5.75 Å². The third-order valence-electron chi connectivity index (χ3n) is 5.79. The molecule has 0 spiro atoms. The molecule has 1 atom stereocenters. The Hall–Kier alpha value is -3.57. The second kappa shape index (κ2) is 9.82. The summed E-state index contributed by atoms with van der Waals surface area (Å²) in [5, 5.41) is 2.68. The van der Waals surface area contributed by atoms with E-state index in [1.54, 1.807) is 30.3 Å². The molecule has 190 valence electrons. The van der Waals surface area contributed by atoms with Crippen LogP contribution in [0.2, 0.25) is 0 Å². The zero-order valence-electron chi connectivity index (χ0n) is 20.1. The molecule has 9 nitrogen and oxygen atoms in total. The van der Waals surface area contributed by atoms with Gasteiger partial charge in [-0.05, 0) is 68.8 Å². The van der Waals surface area contributed by atoms with Crippen molar-refractivity contribution in [3.63, 3.8) is 0 Å². The predicted octanol–water partition coefficient (Wildman–Crippen LogP) is 3.66. The number of rotatable bonds is 7. The van der Waals surface area contributed by atoms with Crippen molar-refractivity contribution in [1.82, 2.24) is 0 Å². The second-order valence-corrected chi connectivity index (χ2v) is 12.3. The third-order valence-corrected chi connectivity index (χ3v) is 8.91. The van der Waals surface area contributed by atoms with Gasteiger partial charge in [-0.25, -0.2) is 16.8 Å². The maximum atomic E-state index is 12.9. The van der Waals surface area contributed by atoms with Crippen molar-refractivity contribution in [3.05, 3.63) is 77.9 Å². The fraction of sp³-hybridized carbons (Fsp3) is 0.240. The summed E-state index contributed by atoms with van der Waals surface area (Å²) >= 11 is 0.